The lowest BCUT2D eigenvalue weighted by molar-refractivity contribution is 0.256. The van der Waals surface area contributed by atoms with E-state index in [2.05, 4.69) is 18.5 Å². The molecule has 13 heavy (non-hydrogen) atoms. The maximum Gasteiger partial charge on any atom is 0.169 e. The summed E-state index contributed by atoms with van der Waals surface area (Å²) in [5, 5.41) is 12.4. The van der Waals surface area contributed by atoms with E-state index in [9.17, 15) is 0 Å². The third-order valence-corrected chi connectivity index (χ3v) is 1.81. The van der Waals surface area contributed by atoms with Crippen LogP contribution in [0.5, 0.6) is 0 Å². The normalized spacial score (nSPS) is 9.00. The van der Waals surface area contributed by atoms with E-state index in [1.54, 1.807) is 12.2 Å². The first-order valence-electron chi connectivity index (χ1n) is 4.11. The molecule has 0 saturated carbocycles. The van der Waals surface area contributed by atoms with E-state index < -0.39 is 0 Å². The number of hydrogen-bond acceptors (Lipinski definition) is 2. The lowest BCUT2D eigenvalue weighted by Crippen LogP contribution is -2.41. The summed E-state index contributed by atoms with van der Waals surface area (Å²) < 4.78 is 0. The summed E-state index contributed by atoms with van der Waals surface area (Å²) in [6.45, 7) is 9.08. The minimum Gasteiger partial charge on any atom is -0.395 e. The number of hydrogen-bond donors (Lipinski definition) is 2. The molecule has 0 aliphatic carbocycles. The lowest BCUT2D eigenvalue weighted by Gasteiger charge is -2.22. The van der Waals surface area contributed by atoms with Crippen molar-refractivity contribution in [1.82, 2.24) is 10.2 Å². The topological polar surface area (TPSA) is 35.5 Å². The van der Waals surface area contributed by atoms with E-state index >= 15 is 0 Å². The molecule has 0 aromatic heterocycles. The Kier molecular flexibility index (Phi) is 7.24. The Bertz CT molecular complexity index is 182. The van der Waals surface area contributed by atoms with Crippen LogP contribution in [0, 0.1) is 0 Å². The van der Waals surface area contributed by atoms with Gasteiger partial charge >= 0.3 is 0 Å². The fraction of sp³-hybridized carbons (Fsp3) is 0.444. The van der Waals surface area contributed by atoms with Gasteiger partial charge in [0.25, 0.3) is 0 Å². The molecule has 0 atom stereocenters. The number of nitrogens with one attached hydrogen (secondary N) is 1. The van der Waals surface area contributed by atoms with Crippen molar-refractivity contribution in [1.29, 1.82) is 0 Å². The van der Waals surface area contributed by atoms with Crippen molar-refractivity contribution in [3.05, 3.63) is 25.3 Å². The number of thiocarbonyl (C=S) groups is 1. The van der Waals surface area contributed by atoms with E-state index in [1.165, 1.54) is 0 Å². The number of rotatable bonds is 6. The van der Waals surface area contributed by atoms with Gasteiger partial charge in [-0.3, -0.25) is 0 Å². The van der Waals surface area contributed by atoms with Crippen LogP contribution in [0.1, 0.15) is 0 Å². The van der Waals surface area contributed by atoms with Crippen molar-refractivity contribution < 1.29 is 5.11 Å². The van der Waals surface area contributed by atoms with Gasteiger partial charge in [0.05, 0.1) is 6.61 Å². The van der Waals surface area contributed by atoms with Crippen LogP contribution < -0.4 is 5.32 Å². The standard InChI is InChI=1S/C9H16N2OS/c1-3-5-10-9(13)11(6-4-2)7-8-12/h3-4,12H,1-2,5-8H2,(H,10,13). The van der Waals surface area contributed by atoms with Crippen LogP contribution in [-0.4, -0.2) is 41.4 Å². The zero-order chi connectivity index (χ0) is 10.1. The number of nitrogens with zero attached hydrogens (tertiary/aromatic N) is 1. The van der Waals surface area contributed by atoms with Crippen LogP contribution in [0.4, 0.5) is 0 Å². The molecule has 0 aromatic rings. The molecule has 0 bridgehead atoms. The summed E-state index contributed by atoms with van der Waals surface area (Å²) in [6.07, 6.45) is 3.48. The van der Waals surface area contributed by atoms with Crippen molar-refractivity contribution in [2.24, 2.45) is 0 Å². The first-order valence-corrected chi connectivity index (χ1v) is 4.52. The second-order valence-corrected chi connectivity index (χ2v) is 2.82. The van der Waals surface area contributed by atoms with Gasteiger partial charge in [-0.05, 0) is 12.2 Å². The van der Waals surface area contributed by atoms with Crippen LogP contribution in [0.15, 0.2) is 25.3 Å². The lowest BCUT2D eigenvalue weighted by atomic mass is 10.5. The second-order valence-electron chi connectivity index (χ2n) is 2.43. The molecule has 0 radical (unpaired) electrons. The van der Waals surface area contributed by atoms with E-state index in [-0.39, 0.29) is 6.61 Å². The summed E-state index contributed by atoms with van der Waals surface area (Å²) in [6, 6.07) is 0. The maximum absolute atomic E-state index is 8.75. The Morgan fingerprint density at radius 3 is 2.62 bits per heavy atom. The van der Waals surface area contributed by atoms with Gasteiger partial charge in [-0.15, -0.1) is 13.2 Å². The van der Waals surface area contributed by atoms with Crippen molar-refractivity contribution in [2.75, 3.05) is 26.2 Å². The molecule has 0 aromatic carbocycles. The minimum atomic E-state index is 0.0871. The van der Waals surface area contributed by atoms with Gasteiger partial charge in [0.15, 0.2) is 5.11 Å². The van der Waals surface area contributed by atoms with Gasteiger partial charge in [-0.25, -0.2) is 0 Å². The third kappa shape index (κ3) is 5.38. The van der Waals surface area contributed by atoms with Gasteiger partial charge in [0.2, 0.25) is 0 Å². The molecule has 0 heterocycles. The SMILES string of the molecule is C=CCNC(=S)N(CC=C)CCO. The van der Waals surface area contributed by atoms with Crippen LogP contribution >= 0.6 is 12.2 Å². The average molecular weight is 200 g/mol. The van der Waals surface area contributed by atoms with Gasteiger partial charge in [-0.1, -0.05) is 12.2 Å². The Hall–Kier alpha value is -0.870. The quantitative estimate of drug-likeness (QED) is 0.484. The van der Waals surface area contributed by atoms with Gasteiger partial charge in [-0.2, -0.15) is 0 Å². The molecular weight excluding hydrogens is 184 g/mol. The van der Waals surface area contributed by atoms with Crippen LogP contribution in [-0.2, 0) is 0 Å². The zero-order valence-electron chi connectivity index (χ0n) is 7.70. The summed E-state index contributed by atoms with van der Waals surface area (Å²) in [7, 11) is 0. The molecular formula is C9H16N2OS. The Morgan fingerprint density at radius 2 is 2.15 bits per heavy atom. The Labute approximate surface area is 84.7 Å². The van der Waals surface area contributed by atoms with Crippen molar-refractivity contribution in [3.63, 3.8) is 0 Å². The van der Waals surface area contributed by atoms with E-state index in [1.807, 2.05) is 4.90 Å². The predicted molar refractivity (Wildman–Crippen MR) is 59.7 cm³/mol. The fourth-order valence-electron chi connectivity index (χ4n) is 0.824. The molecule has 0 fully saturated rings. The van der Waals surface area contributed by atoms with Gasteiger partial charge < -0.3 is 15.3 Å². The zero-order valence-corrected chi connectivity index (χ0v) is 8.52. The molecule has 0 amide bonds. The predicted octanol–water partition coefficient (Wildman–Crippen LogP) is 0.527. The largest absolute Gasteiger partial charge is 0.395 e. The Morgan fingerprint density at radius 1 is 1.46 bits per heavy atom. The highest BCUT2D eigenvalue weighted by molar-refractivity contribution is 7.80. The molecule has 0 rings (SSSR count). The molecule has 0 unspecified atom stereocenters. The Balaban J connectivity index is 3.93. The van der Waals surface area contributed by atoms with E-state index in [0.717, 1.165) is 0 Å². The van der Waals surface area contributed by atoms with Crippen LogP contribution in [0.25, 0.3) is 0 Å². The van der Waals surface area contributed by atoms with Gasteiger partial charge in [0, 0.05) is 19.6 Å². The molecule has 4 heteroatoms. The molecule has 2 N–H and O–H groups in total. The molecule has 0 spiro atoms. The molecule has 3 nitrogen and oxygen atoms in total. The fourth-order valence-corrected chi connectivity index (χ4v) is 1.07. The minimum absolute atomic E-state index is 0.0871. The van der Waals surface area contributed by atoms with Crippen LogP contribution in [0.3, 0.4) is 0 Å². The number of aliphatic hydroxyl groups is 1. The highest BCUT2D eigenvalue weighted by atomic mass is 32.1. The summed E-state index contributed by atoms with van der Waals surface area (Å²) in [5.74, 6) is 0. The molecule has 0 saturated heterocycles. The average Bonchev–Trinajstić information content (AvgIpc) is 2.14. The number of aliphatic hydroxyl groups excluding tert-OH is 1. The highest BCUT2D eigenvalue weighted by Gasteiger charge is 2.04. The molecule has 74 valence electrons. The smallest absolute Gasteiger partial charge is 0.169 e. The third-order valence-electron chi connectivity index (χ3n) is 1.40. The maximum atomic E-state index is 8.75. The van der Waals surface area contributed by atoms with E-state index in [0.29, 0.717) is 24.7 Å². The summed E-state index contributed by atoms with van der Waals surface area (Å²) >= 11 is 5.08. The summed E-state index contributed by atoms with van der Waals surface area (Å²) in [4.78, 5) is 1.84. The first-order chi connectivity index (χ1) is 6.26. The van der Waals surface area contributed by atoms with Crippen molar-refractivity contribution in [3.8, 4) is 0 Å². The van der Waals surface area contributed by atoms with Crippen LogP contribution in [0.2, 0.25) is 0 Å². The first kappa shape index (κ1) is 12.1. The van der Waals surface area contributed by atoms with Crippen molar-refractivity contribution >= 4 is 17.3 Å². The van der Waals surface area contributed by atoms with Gasteiger partial charge in [0.1, 0.15) is 0 Å². The monoisotopic (exact) mass is 200 g/mol. The summed E-state index contributed by atoms with van der Waals surface area (Å²) in [5.41, 5.74) is 0. The van der Waals surface area contributed by atoms with Crippen molar-refractivity contribution in [2.45, 2.75) is 0 Å². The van der Waals surface area contributed by atoms with E-state index in [4.69, 9.17) is 17.3 Å². The highest BCUT2D eigenvalue weighted by Crippen LogP contribution is 1.89. The molecule has 0 aliphatic heterocycles. The second kappa shape index (κ2) is 7.76. The molecule has 0 aliphatic rings.